The first kappa shape index (κ1) is 14.8. The molecule has 0 saturated heterocycles. The van der Waals surface area contributed by atoms with Crippen LogP contribution >= 0.6 is 11.3 Å². The van der Waals surface area contributed by atoms with Crippen LogP contribution in [0, 0.1) is 5.82 Å². The van der Waals surface area contributed by atoms with Crippen molar-refractivity contribution in [3.63, 3.8) is 0 Å². The van der Waals surface area contributed by atoms with Gasteiger partial charge in [-0.25, -0.2) is 9.37 Å². The van der Waals surface area contributed by atoms with Crippen molar-refractivity contribution in [2.24, 2.45) is 0 Å². The van der Waals surface area contributed by atoms with Gasteiger partial charge in [0.1, 0.15) is 11.6 Å². The molecule has 4 nitrogen and oxygen atoms in total. The molecule has 0 radical (unpaired) electrons. The molecule has 1 unspecified atom stereocenters. The number of pyridine rings is 1. The van der Waals surface area contributed by atoms with Gasteiger partial charge >= 0.3 is 0 Å². The fraction of sp³-hybridized carbons (Fsp3) is 0. The van der Waals surface area contributed by atoms with Gasteiger partial charge in [0.15, 0.2) is 0 Å². The Balaban J connectivity index is 1.97. The van der Waals surface area contributed by atoms with Gasteiger partial charge in [0.25, 0.3) is 0 Å². The average molecular weight is 333 g/mol. The van der Waals surface area contributed by atoms with Gasteiger partial charge in [-0.1, -0.05) is 18.2 Å². The van der Waals surface area contributed by atoms with Gasteiger partial charge in [-0.05, 0) is 35.9 Å². The second kappa shape index (κ2) is 6.35. The van der Waals surface area contributed by atoms with Crippen molar-refractivity contribution in [2.75, 3.05) is 4.31 Å². The Bertz CT molecular complexity index is 791. The van der Waals surface area contributed by atoms with Gasteiger partial charge in [-0.2, -0.15) is 0 Å². The van der Waals surface area contributed by atoms with E-state index >= 15 is 0 Å². The zero-order valence-electron chi connectivity index (χ0n) is 11.2. The molecule has 0 N–H and O–H groups in total. The maximum atomic E-state index is 13.0. The van der Waals surface area contributed by atoms with Gasteiger partial charge in [0, 0.05) is 16.5 Å². The van der Waals surface area contributed by atoms with E-state index in [9.17, 15) is 13.2 Å². The molecule has 0 bridgehead atoms. The van der Waals surface area contributed by atoms with Crippen LogP contribution in [0.15, 0.2) is 60.1 Å². The van der Waals surface area contributed by atoms with Crippen LogP contribution in [0.3, 0.4) is 0 Å². The molecule has 0 aliphatic rings. The summed E-state index contributed by atoms with van der Waals surface area (Å²) in [5, 5.41) is 1.73. The van der Waals surface area contributed by atoms with E-state index in [0.717, 1.165) is 14.7 Å². The van der Waals surface area contributed by atoms with Crippen LogP contribution in [0.25, 0.3) is 10.4 Å². The second-order valence-corrected chi connectivity index (χ2v) is 6.09. The summed E-state index contributed by atoms with van der Waals surface area (Å²) < 4.78 is 37.1. The fourth-order valence-electron chi connectivity index (χ4n) is 1.97. The smallest absolute Gasteiger partial charge is 0.144 e. The fourth-order valence-corrected chi connectivity index (χ4v) is 3.45. The Morgan fingerprint density at radius 2 is 1.95 bits per heavy atom. The van der Waals surface area contributed by atoms with Crippen molar-refractivity contribution in [1.82, 2.24) is 4.98 Å². The number of hydrogen-bond acceptors (Lipinski definition) is 4. The molecule has 0 saturated carbocycles. The van der Waals surface area contributed by atoms with Gasteiger partial charge < -0.3 is 4.55 Å². The molecule has 7 heteroatoms. The van der Waals surface area contributed by atoms with E-state index in [1.165, 1.54) is 29.7 Å². The van der Waals surface area contributed by atoms with Crippen molar-refractivity contribution in [3.05, 3.63) is 65.9 Å². The standard InChI is InChI=1S/C15H11FN2O2S2/c16-12-6-4-11(5-7-12)14-9-13(10-21-14)18(22(19)20)15-3-1-2-8-17-15/h1-10H,(H,19,20)/p-1. The quantitative estimate of drug-likeness (QED) is 0.681. The summed E-state index contributed by atoms with van der Waals surface area (Å²) in [5.74, 6) is 0.00981. The van der Waals surface area contributed by atoms with Gasteiger partial charge in [-0.3, -0.25) is 8.51 Å². The highest BCUT2D eigenvalue weighted by atomic mass is 32.2. The molecule has 22 heavy (non-hydrogen) atoms. The first-order valence-corrected chi connectivity index (χ1v) is 8.21. The van der Waals surface area contributed by atoms with Crippen molar-refractivity contribution in [1.29, 1.82) is 0 Å². The molecule has 2 heterocycles. The molecule has 1 aromatic carbocycles. The largest absolute Gasteiger partial charge is 0.755 e. The SMILES string of the molecule is O=S([O-])N(c1csc(-c2ccc(F)cc2)c1)c1ccccn1. The minimum atomic E-state index is -2.48. The Kier molecular flexibility index (Phi) is 4.28. The lowest BCUT2D eigenvalue weighted by Gasteiger charge is -2.23. The number of thiophene rings is 1. The molecule has 112 valence electrons. The zero-order valence-corrected chi connectivity index (χ0v) is 12.8. The highest BCUT2D eigenvalue weighted by Gasteiger charge is 2.14. The lowest BCUT2D eigenvalue weighted by Crippen LogP contribution is -2.19. The predicted octanol–water partition coefficient (Wildman–Crippen LogP) is 3.88. The number of rotatable bonds is 4. The van der Waals surface area contributed by atoms with E-state index in [1.807, 2.05) is 0 Å². The summed E-state index contributed by atoms with van der Waals surface area (Å²) in [6.45, 7) is 0. The van der Waals surface area contributed by atoms with Crippen LogP contribution in [0.5, 0.6) is 0 Å². The molecule has 0 spiro atoms. The number of hydrogen-bond donors (Lipinski definition) is 0. The van der Waals surface area contributed by atoms with Crippen LogP contribution in [0.2, 0.25) is 0 Å². The number of anilines is 2. The average Bonchev–Trinajstić information content (AvgIpc) is 2.98. The first-order valence-electron chi connectivity index (χ1n) is 6.30. The van der Waals surface area contributed by atoms with Gasteiger partial charge in [-0.15, -0.1) is 11.3 Å². The summed E-state index contributed by atoms with van der Waals surface area (Å²) in [4.78, 5) is 4.91. The third-order valence-corrected chi connectivity index (χ3v) is 4.62. The van der Waals surface area contributed by atoms with Gasteiger partial charge in [0.05, 0.1) is 17.0 Å². The minimum Gasteiger partial charge on any atom is -0.755 e. The van der Waals surface area contributed by atoms with E-state index in [2.05, 4.69) is 4.98 Å². The molecular weight excluding hydrogens is 323 g/mol. The number of nitrogens with zero attached hydrogens (tertiary/aromatic N) is 2. The van der Waals surface area contributed by atoms with Crippen LogP contribution in [0.4, 0.5) is 15.9 Å². The lowest BCUT2D eigenvalue weighted by atomic mass is 10.2. The van der Waals surface area contributed by atoms with Crippen LogP contribution in [-0.2, 0) is 11.3 Å². The van der Waals surface area contributed by atoms with Crippen LogP contribution in [0.1, 0.15) is 0 Å². The molecule has 0 amide bonds. The predicted molar refractivity (Wildman–Crippen MR) is 85.0 cm³/mol. The molecular formula is C15H10FN2O2S2-. The van der Waals surface area contributed by atoms with Crippen molar-refractivity contribution < 1.29 is 13.2 Å². The zero-order chi connectivity index (χ0) is 15.5. The van der Waals surface area contributed by atoms with Gasteiger partial charge in [0.2, 0.25) is 0 Å². The Morgan fingerprint density at radius 1 is 1.18 bits per heavy atom. The van der Waals surface area contributed by atoms with E-state index in [4.69, 9.17) is 0 Å². The van der Waals surface area contributed by atoms with Crippen LogP contribution < -0.4 is 4.31 Å². The molecule has 0 aliphatic carbocycles. The minimum absolute atomic E-state index is 0.309. The Hall–Kier alpha value is -2.09. The Labute approximate surface area is 133 Å². The van der Waals surface area contributed by atoms with Crippen molar-refractivity contribution in [2.45, 2.75) is 0 Å². The number of halogens is 1. The summed E-state index contributed by atoms with van der Waals surface area (Å²) in [7, 11) is 0. The molecule has 0 fully saturated rings. The molecule has 3 rings (SSSR count). The molecule has 3 aromatic rings. The maximum absolute atomic E-state index is 13.0. The molecule has 1 atom stereocenters. The van der Waals surface area contributed by atoms with Crippen molar-refractivity contribution >= 4 is 34.1 Å². The number of aromatic nitrogens is 1. The van der Waals surface area contributed by atoms with E-state index in [-0.39, 0.29) is 5.82 Å². The maximum Gasteiger partial charge on any atom is 0.144 e. The summed E-state index contributed by atoms with van der Waals surface area (Å²) in [6, 6.07) is 12.8. The first-order chi connectivity index (χ1) is 10.6. The normalized spacial score (nSPS) is 12.1. The van der Waals surface area contributed by atoms with Crippen molar-refractivity contribution in [3.8, 4) is 10.4 Å². The third-order valence-electron chi connectivity index (χ3n) is 2.96. The summed E-state index contributed by atoms with van der Waals surface area (Å²) in [5.41, 5.74) is 1.33. The summed E-state index contributed by atoms with van der Waals surface area (Å²) >= 11 is -1.10. The highest BCUT2D eigenvalue weighted by Crippen LogP contribution is 2.35. The second-order valence-electron chi connectivity index (χ2n) is 4.38. The Morgan fingerprint density at radius 3 is 2.59 bits per heavy atom. The van der Waals surface area contributed by atoms with E-state index < -0.39 is 11.3 Å². The number of benzene rings is 1. The monoisotopic (exact) mass is 333 g/mol. The third kappa shape index (κ3) is 3.06. The topological polar surface area (TPSA) is 56.3 Å². The molecule has 2 aromatic heterocycles. The van der Waals surface area contributed by atoms with E-state index in [1.54, 1.807) is 41.8 Å². The molecule has 0 aliphatic heterocycles. The summed E-state index contributed by atoms with van der Waals surface area (Å²) in [6.07, 6.45) is 1.53. The van der Waals surface area contributed by atoms with Crippen LogP contribution in [-0.4, -0.2) is 13.7 Å². The van der Waals surface area contributed by atoms with E-state index in [0.29, 0.717) is 11.5 Å². The lowest BCUT2D eigenvalue weighted by molar-refractivity contribution is 0.537. The highest BCUT2D eigenvalue weighted by molar-refractivity contribution is 7.81.